The van der Waals surface area contributed by atoms with Gasteiger partial charge in [0.25, 0.3) is 0 Å². The Labute approximate surface area is 202 Å². The summed E-state index contributed by atoms with van der Waals surface area (Å²) in [5.74, 6) is -2.75. The molecular weight excluding hydrogens is 448 g/mol. The number of benzene rings is 2. The minimum absolute atomic E-state index is 0.124. The molecule has 0 unspecified atom stereocenters. The standard InChI is InChI=1S/C25H30N6O4/c1-31-14-16(17-9-5-6-10-21(17)31)12-20(30-24(34)18(26)13-22(27)32)25(35)29-19(23(28)33)11-15-7-3-2-4-8-15/h2-10,14,18-20H,11-13,26H2,1H3,(H2,27,32)(H2,28,33)(H,29,35)(H,30,34)/t18-,19-,20+/m0/s1. The van der Waals surface area contributed by atoms with Gasteiger partial charge < -0.3 is 32.4 Å². The minimum Gasteiger partial charge on any atom is -0.370 e. The van der Waals surface area contributed by atoms with E-state index in [4.69, 9.17) is 17.2 Å². The molecule has 2 aromatic carbocycles. The Morgan fingerprint density at radius 3 is 2.14 bits per heavy atom. The van der Waals surface area contributed by atoms with Crippen molar-refractivity contribution in [2.75, 3.05) is 0 Å². The molecule has 0 spiro atoms. The van der Waals surface area contributed by atoms with Crippen LogP contribution in [-0.4, -0.2) is 46.3 Å². The van der Waals surface area contributed by atoms with Crippen molar-refractivity contribution in [2.45, 2.75) is 37.4 Å². The Morgan fingerprint density at radius 2 is 1.49 bits per heavy atom. The number of para-hydroxylation sites is 1. The first-order chi connectivity index (χ1) is 16.7. The fourth-order valence-electron chi connectivity index (χ4n) is 3.95. The van der Waals surface area contributed by atoms with Gasteiger partial charge in [-0.15, -0.1) is 0 Å². The summed E-state index contributed by atoms with van der Waals surface area (Å²) in [6.07, 6.45) is 1.82. The number of hydrogen-bond acceptors (Lipinski definition) is 5. The van der Waals surface area contributed by atoms with Gasteiger partial charge in [-0.3, -0.25) is 19.2 Å². The van der Waals surface area contributed by atoms with Crippen molar-refractivity contribution in [3.8, 4) is 0 Å². The van der Waals surface area contributed by atoms with Crippen LogP contribution in [0.5, 0.6) is 0 Å². The van der Waals surface area contributed by atoms with Crippen molar-refractivity contribution in [1.29, 1.82) is 0 Å². The summed E-state index contributed by atoms with van der Waals surface area (Å²) in [7, 11) is 1.88. The summed E-state index contributed by atoms with van der Waals surface area (Å²) < 4.78 is 1.92. The smallest absolute Gasteiger partial charge is 0.243 e. The first-order valence-corrected chi connectivity index (χ1v) is 11.2. The number of aryl methyl sites for hydroxylation is 1. The molecule has 3 atom stereocenters. The van der Waals surface area contributed by atoms with Crippen molar-refractivity contribution in [3.05, 3.63) is 71.9 Å². The van der Waals surface area contributed by atoms with Crippen LogP contribution in [0.4, 0.5) is 0 Å². The van der Waals surface area contributed by atoms with Gasteiger partial charge in [-0.05, 0) is 17.2 Å². The second-order valence-corrected chi connectivity index (χ2v) is 8.48. The number of nitrogens with one attached hydrogen (secondary N) is 2. The molecule has 35 heavy (non-hydrogen) atoms. The molecule has 0 aliphatic carbocycles. The monoisotopic (exact) mass is 478 g/mol. The maximum absolute atomic E-state index is 13.3. The Kier molecular flexibility index (Phi) is 8.21. The van der Waals surface area contributed by atoms with Crippen LogP contribution < -0.4 is 27.8 Å². The summed E-state index contributed by atoms with van der Waals surface area (Å²) in [4.78, 5) is 49.2. The maximum Gasteiger partial charge on any atom is 0.243 e. The zero-order chi connectivity index (χ0) is 25.5. The topological polar surface area (TPSA) is 175 Å². The Balaban J connectivity index is 1.85. The van der Waals surface area contributed by atoms with Crippen LogP contribution in [0.15, 0.2) is 60.8 Å². The summed E-state index contributed by atoms with van der Waals surface area (Å²) in [5, 5.41) is 6.18. The van der Waals surface area contributed by atoms with Crippen LogP contribution >= 0.6 is 0 Å². The first-order valence-electron chi connectivity index (χ1n) is 11.2. The van der Waals surface area contributed by atoms with E-state index in [9.17, 15) is 19.2 Å². The number of aromatic nitrogens is 1. The van der Waals surface area contributed by atoms with Gasteiger partial charge in [0.15, 0.2) is 0 Å². The molecule has 0 bridgehead atoms. The van der Waals surface area contributed by atoms with Crippen LogP contribution in [0, 0.1) is 0 Å². The van der Waals surface area contributed by atoms with Crippen LogP contribution in [0.1, 0.15) is 17.5 Å². The Morgan fingerprint density at radius 1 is 0.857 bits per heavy atom. The number of fused-ring (bicyclic) bond motifs is 1. The van der Waals surface area contributed by atoms with E-state index in [-0.39, 0.29) is 19.3 Å². The quantitative estimate of drug-likeness (QED) is 0.252. The molecule has 0 saturated heterocycles. The third-order valence-electron chi connectivity index (χ3n) is 5.74. The van der Waals surface area contributed by atoms with E-state index in [0.717, 1.165) is 22.0 Å². The number of rotatable bonds is 11. The van der Waals surface area contributed by atoms with Gasteiger partial charge >= 0.3 is 0 Å². The van der Waals surface area contributed by atoms with Gasteiger partial charge in [0, 0.05) is 37.0 Å². The zero-order valence-corrected chi connectivity index (χ0v) is 19.4. The second kappa shape index (κ2) is 11.3. The summed E-state index contributed by atoms with van der Waals surface area (Å²) in [6.45, 7) is 0. The first kappa shape index (κ1) is 25.4. The highest BCUT2D eigenvalue weighted by molar-refractivity contribution is 5.95. The molecule has 10 heteroatoms. The zero-order valence-electron chi connectivity index (χ0n) is 19.4. The van der Waals surface area contributed by atoms with E-state index in [1.54, 1.807) is 0 Å². The molecule has 0 aliphatic rings. The van der Waals surface area contributed by atoms with Gasteiger partial charge in [0.05, 0.1) is 12.5 Å². The molecule has 10 nitrogen and oxygen atoms in total. The van der Waals surface area contributed by atoms with Gasteiger partial charge in [-0.2, -0.15) is 0 Å². The lowest BCUT2D eigenvalue weighted by Crippen LogP contribution is -2.56. The van der Waals surface area contributed by atoms with Gasteiger partial charge in [-0.1, -0.05) is 48.5 Å². The lowest BCUT2D eigenvalue weighted by molar-refractivity contribution is -0.132. The average molecular weight is 479 g/mol. The molecule has 0 aliphatic heterocycles. The van der Waals surface area contributed by atoms with Crippen LogP contribution in [0.3, 0.4) is 0 Å². The number of carbonyl (C=O) groups is 4. The number of nitrogens with zero attached hydrogens (tertiary/aromatic N) is 1. The predicted molar refractivity (Wildman–Crippen MR) is 132 cm³/mol. The number of primary amides is 2. The highest BCUT2D eigenvalue weighted by Gasteiger charge is 2.29. The molecule has 0 fully saturated rings. The summed E-state index contributed by atoms with van der Waals surface area (Å²) in [5.41, 5.74) is 19.1. The molecule has 1 aromatic heterocycles. The van der Waals surface area contributed by atoms with E-state index < -0.39 is 41.8 Å². The second-order valence-electron chi connectivity index (χ2n) is 8.48. The number of amides is 4. The third-order valence-corrected chi connectivity index (χ3v) is 5.74. The normalized spacial score (nSPS) is 13.5. The van der Waals surface area contributed by atoms with Crippen LogP contribution in [0.25, 0.3) is 10.9 Å². The highest BCUT2D eigenvalue weighted by Crippen LogP contribution is 2.21. The molecule has 0 saturated carbocycles. The fourth-order valence-corrected chi connectivity index (χ4v) is 3.95. The van der Waals surface area contributed by atoms with Crippen molar-refractivity contribution < 1.29 is 19.2 Å². The van der Waals surface area contributed by atoms with Crippen LogP contribution in [0.2, 0.25) is 0 Å². The van der Waals surface area contributed by atoms with E-state index in [2.05, 4.69) is 10.6 Å². The highest BCUT2D eigenvalue weighted by atomic mass is 16.2. The lowest BCUT2D eigenvalue weighted by atomic mass is 10.0. The van der Waals surface area contributed by atoms with Crippen LogP contribution in [-0.2, 0) is 39.1 Å². The van der Waals surface area contributed by atoms with Gasteiger partial charge in [-0.25, -0.2) is 0 Å². The largest absolute Gasteiger partial charge is 0.370 e. The molecule has 184 valence electrons. The van der Waals surface area contributed by atoms with E-state index in [1.165, 1.54) is 0 Å². The number of hydrogen-bond donors (Lipinski definition) is 5. The molecule has 0 radical (unpaired) electrons. The molecule has 1 heterocycles. The van der Waals surface area contributed by atoms with Gasteiger partial charge in [0.1, 0.15) is 12.1 Å². The van der Waals surface area contributed by atoms with Gasteiger partial charge in [0.2, 0.25) is 23.6 Å². The van der Waals surface area contributed by atoms with Crippen molar-refractivity contribution in [2.24, 2.45) is 24.2 Å². The Hall–Kier alpha value is -4.18. The number of nitrogens with two attached hydrogens (primary N) is 3. The van der Waals surface area contributed by atoms with Crippen molar-refractivity contribution in [3.63, 3.8) is 0 Å². The average Bonchev–Trinajstić information content (AvgIpc) is 3.13. The SMILES string of the molecule is Cn1cc(C[C@@H](NC(=O)[C@@H](N)CC(N)=O)C(=O)N[C@@H](Cc2ccccc2)C(N)=O)c2ccccc21. The summed E-state index contributed by atoms with van der Waals surface area (Å²) >= 11 is 0. The lowest BCUT2D eigenvalue weighted by Gasteiger charge is -2.23. The van der Waals surface area contributed by atoms with E-state index in [1.807, 2.05) is 72.4 Å². The van der Waals surface area contributed by atoms with Crippen molar-refractivity contribution in [1.82, 2.24) is 15.2 Å². The van der Waals surface area contributed by atoms with Crippen molar-refractivity contribution >= 4 is 34.5 Å². The fraction of sp³-hybridized carbons (Fsp3) is 0.280. The third kappa shape index (κ3) is 6.67. The molecule has 3 rings (SSSR count). The predicted octanol–water partition coefficient (Wildman–Crippen LogP) is -0.379. The summed E-state index contributed by atoms with van der Waals surface area (Å²) in [6, 6.07) is 13.5. The molecule has 4 amide bonds. The molecule has 3 aromatic rings. The maximum atomic E-state index is 13.3. The number of carbonyl (C=O) groups excluding carboxylic acids is 4. The molecule has 8 N–H and O–H groups in total. The Bertz CT molecular complexity index is 1220. The van der Waals surface area contributed by atoms with E-state index in [0.29, 0.717) is 0 Å². The minimum atomic E-state index is -1.22. The molecular formula is C25H30N6O4. The van der Waals surface area contributed by atoms with E-state index >= 15 is 0 Å².